The van der Waals surface area contributed by atoms with Crippen LogP contribution < -0.4 is 10.1 Å². The van der Waals surface area contributed by atoms with Crippen LogP contribution in [0, 0.1) is 0 Å². The number of aromatic nitrogens is 1. The number of rotatable bonds is 4. The third-order valence-electron chi connectivity index (χ3n) is 3.15. The molecular formula is C15H15F3N2O. The maximum Gasteiger partial charge on any atom is 0.417 e. The molecule has 0 spiro atoms. The Bertz CT molecular complexity index is 597. The first kappa shape index (κ1) is 15.3. The van der Waals surface area contributed by atoms with E-state index in [1.54, 1.807) is 20.2 Å². The van der Waals surface area contributed by atoms with Gasteiger partial charge in [-0.15, -0.1) is 0 Å². The average molecular weight is 296 g/mol. The summed E-state index contributed by atoms with van der Waals surface area (Å²) in [4.78, 5) is 3.93. The lowest BCUT2D eigenvalue weighted by Gasteiger charge is -2.19. The smallest absolute Gasteiger partial charge is 0.417 e. The normalized spacial score (nSPS) is 13.0. The summed E-state index contributed by atoms with van der Waals surface area (Å²) in [5.74, 6) is 0.651. The molecule has 21 heavy (non-hydrogen) atoms. The highest BCUT2D eigenvalue weighted by Gasteiger charge is 2.31. The number of ether oxygens (including phenoxy) is 1. The van der Waals surface area contributed by atoms with Crippen molar-refractivity contribution in [1.82, 2.24) is 10.3 Å². The Hall–Kier alpha value is -2.08. The standard InChI is InChI=1S/C15H15F3N2O/c1-19-14(11-5-3-4-6-13(11)21-2)12-8-7-10(9-20-12)15(16,17)18/h3-9,14,19H,1-2H3. The molecule has 0 fully saturated rings. The first-order valence-electron chi connectivity index (χ1n) is 6.30. The number of benzene rings is 1. The fraction of sp³-hybridized carbons (Fsp3) is 0.267. The van der Waals surface area contributed by atoms with Crippen molar-refractivity contribution in [3.63, 3.8) is 0 Å². The number of methoxy groups -OCH3 is 1. The van der Waals surface area contributed by atoms with Crippen molar-refractivity contribution in [2.75, 3.05) is 14.2 Å². The van der Waals surface area contributed by atoms with Gasteiger partial charge in [0, 0.05) is 11.8 Å². The minimum Gasteiger partial charge on any atom is -0.496 e. The molecule has 2 aromatic rings. The number of pyridine rings is 1. The van der Waals surface area contributed by atoms with E-state index in [9.17, 15) is 13.2 Å². The van der Waals surface area contributed by atoms with Crippen molar-refractivity contribution in [1.29, 1.82) is 0 Å². The van der Waals surface area contributed by atoms with Crippen LogP contribution in [0.2, 0.25) is 0 Å². The maximum absolute atomic E-state index is 12.6. The van der Waals surface area contributed by atoms with E-state index in [1.807, 2.05) is 18.2 Å². The van der Waals surface area contributed by atoms with Gasteiger partial charge >= 0.3 is 6.18 Å². The molecule has 0 aliphatic heterocycles. The molecule has 6 heteroatoms. The third kappa shape index (κ3) is 3.33. The number of nitrogens with one attached hydrogen (secondary N) is 1. The quantitative estimate of drug-likeness (QED) is 0.938. The molecule has 0 radical (unpaired) electrons. The molecule has 112 valence electrons. The number of para-hydroxylation sites is 1. The van der Waals surface area contributed by atoms with E-state index in [1.165, 1.54) is 6.07 Å². The molecule has 1 unspecified atom stereocenters. The average Bonchev–Trinajstić information content (AvgIpc) is 2.48. The second-order valence-corrected chi connectivity index (χ2v) is 4.43. The van der Waals surface area contributed by atoms with Crippen molar-refractivity contribution < 1.29 is 17.9 Å². The van der Waals surface area contributed by atoms with Crippen LogP contribution in [0.4, 0.5) is 13.2 Å². The van der Waals surface area contributed by atoms with E-state index in [4.69, 9.17) is 4.74 Å². The molecule has 0 amide bonds. The van der Waals surface area contributed by atoms with Crippen molar-refractivity contribution >= 4 is 0 Å². The Balaban J connectivity index is 2.38. The predicted molar refractivity (Wildman–Crippen MR) is 73.1 cm³/mol. The number of nitrogens with zero attached hydrogens (tertiary/aromatic N) is 1. The van der Waals surface area contributed by atoms with Gasteiger partial charge in [0.2, 0.25) is 0 Å². The van der Waals surface area contributed by atoms with E-state index in [-0.39, 0.29) is 6.04 Å². The Morgan fingerprint density at radius 3 is 2.38 bits per heavy atom. The molecule has 0 aliphatic rings. The van der Waals surface area contributed by atoms with Crippen LogP contribution in [-0.2, 0) is 6.18 Å². The summed E-state index contributed by atoms with van der Waals surface area (Å²) in [6.45, 7) is 0. The first-order valence-corrected chi connectivity index (χ1v) is 6.30. The van der Waals surface area contributed by atoms with Gasteiger partial charge in [0.05, 0.1) is 24.4 Å². The van der Waals surface area contributed by atoms with Crippen LogP contribution in [0.15, 0.2) is 42.6 Å². The fourth-order valence-corrected chi connectivity index (χ4v) is 2.11. The summed E-state index contributed by atoms with van der Waals surface area (Å²) in [5.41, 5.74) is 0.547. The molecule has 2 rings (SSSR count). The van der Waals surface area contributed by atoms with Gasteiger partial charge in [0.25, 0.3) is 0 Å². The molecule has 3 nitrogen and oxygen atoms in total. The van der Waals surface area contributed by atoms with Gasteiger partial charge in [-0.1, -0.05) is 18.2 Å². The third-order valence-corrected chi connectivity index (χ3v) is 3.15. The maximum atomic E-state index is 12.6. The summed E-state index contributed by atoms with van der Waals surface area (Å²) >= 11 is 0. The van der Waals surface area contributed by atoms with Gasteiger partial charge in [-0.05, 0) is 25.2 Å². The monoisotopic (exact) mass is 296 g/mol. The summed E-state index contributed by atoms with van der Waals surface area (Å²) in [6.07, 6.45) is -3.54. The summed E-state index contributed by atoms with van der Waals surface area (Å²) < 4.78 is 43.0. The molecule has 0 aliphatic carbocycles. The minimum atomic E-state index is -4.38. The zero-order valence-electron chi connectivity index (χ0n) is 11.6. The van der Waals surface area contributed by atoms with Crippen molar-refractivity contribution in [3.8, 4) is 5.75 Å². The SMILES string of the molecule is CNC(c1ccc(C(F)(F)F)cn1)c1ccccc1OC. The van der Waals surface area contributed by atoms with Gasteiger partial charge in [-0.3, -0.25) is 4.98 Å². The summed E-state index contributed by atoms with van der Waals surface area (Å²) in [6, 6.07) is 9.37. The van der Waals surface area contributed by atoms with Crippen LogP contribution in [0.25, 0.3) is 0 Å². The molecular weight excluding hydrogens is 281 g/mol. The lowest BCUT2D eigenvalue weighted by molar-refractivity contribution is -0.137. The van der Waals surface area contributed by atoms with Gasteiger partial charge in [0.15, 0.2) is 0 Å². The number of hydrogen-bond donors (Lipinski definition) is 1. The Morgan fingerprint density at radius 1 is 1.14 bits per heavy atom. The van der Waals surface area contributed by atoms with Gasteiger partial charge in [0.1, 0.15) is 5.75 Å². The molecule has 1 heterocycles. The second-order valence-electron chi connectivity index (χ2n) is 4.43. The first-order chi connectivity index (χ1) is 9.97. The summed E-state index contributed by atoms with van der Waals surface area (Å²) in [7, 11) is 3.27. The van der Waals surface area contributed by atoms with Crippen molar-refractivity contribution in [2.45, 2.75) is 12.2 Å². The molecule has 1 aromatic carbocycles. The molecule has 0 bridgehead atoms. The number of halogens is 3. The number of alkyl halides is 3. The van der Waals surface area contributed by atoms with E-state index < -0.39 is 11.7 Å². The largest absolute Gasteiger partial charge is 0.496 e. The second kappa shape index (κ2) is 6.13. The lowest BCUT2D eigenvalue weighted by atomic mass is 10.0. The van der Waals surface area contributed by atoms with Crippen LogP contribution in [-0.4, -0.2) is 19.1 Å². The van der Waals surface area contributed by atoms with E-state index in [2.05, 4.69) is 10.3 Å². The Labute approximate surface area is 120 Å². The minimum absolute atomic E-state index is 0.344. The summed E-state index contributed by atoms with van der Waals surface area (Å²) in [5, 5.41) is 3.04. The van der Waals surface area contributed by atoms with Crippen LogP contribution in [0.5, 0.6) is 5.75 Å². The van der Waals surface area contributed by atoms with Gasteiger partial charge in [-0.2, -0.15) is 13.2 Å². The molecule has 0 saturated carbocycles. The van der Waals surface area contributed by atoms with Crippen LogP contribution in [0.1, 0.15) is 22.9 Å². The number of hydrogen-bond acceptors (Lipinski definition) is 3. The molecule has 0 saturated heterocycles. The zero-order valence-corrected chi connectivity index (χ0v) is 11.6. The van der Waals surface area contributed by atoms with E-state index in [0.717, 1.165) is 17.8 Å². The van der Waals surface area contributed by atoms with Crippen LogP contribution >= 0.6 is 0 Å². The molecule has 1 aromatic heterocycles. The van der Waals surface area contributed by atoms with Gasteiger partial charge < -0.3 is 10.1 Å². The van der Waals surface area contributed by atoms with Crippen molar-refractivity contribution in [2.24, 2.45) is 0 Å². The van der Waals surface area contributed by atoms with Crippen molar-refractivity contribution in [3.05, 3.63) is 59.4 Å². The highest BCUT2D eigenvalue weighted by Crippen LogP contribution is 2.31. The fourth-order valence-electron chi connectivity index (χ4n) is 2.11. The Morgan fingerprint density at radius 2 is 1.86 bits per heavy atom. The van der Waals surface area contributed by atoms with Crippen LogP contribution in [0.3, 0.4) is 0 Å². The zero-order chi connectivity index (χ0) is 15.5. The Kier molecular flexibility index (Phi) is 4.47. The molecule has 1 N–H and O–H groups in total. The van der Waals surface area contributed by atoms with E-state index >= 15 is 0 Å². The van der Waals surface area contributed by atoms with Gasteiger partial charge in [-0.25, -0.2) is 0 Å². The predicted octanol–water partition coefficient (Wildman–Crippen LogP) is 3.42. The van der Waals surface area contributed by atoms with E-state index in [0.29, 0.717) is 11.4 Å². The topological polar surface area (TPSA) is 34.2 Å². The highest BCUT2D eigenvalue weighted by molar-refractivity contribution is 5.40. The molecule has 1 atom stereocenters. The lowest BCUT2D eigenvalue weighted by Crippen LogP contribution is -2.20. The highest BCUT2D eigenvalue weighted by atomic mass is 19.4.